The molecule has 1 aliphatic carbocycles. The molecule has 3 nitrogen and oxygen atoms in total. The molecular formula is C11H14BrNO2. The highest BCUT2D eigenvalue weighted by Crippen LogP contribution is 2.37. The standard InChI is InChI=1S/C11H14BrNO2/c12-10-9-4-2-1-3-7(9)5-8(6-15-13)11(10)14/h5,14H,1-4,6,13H2. The fourth-order valence-corrected chi connectivity index (χ4v) is 2.81. The average molecular weight is 272 g/mol. The van der Waals surface area contributed by atoms with Crippen LogP contribution in [-0.4, -0.2) is 5.11 Å². The van der Waals surface area contributed by atoms with Crippen molar-refractivity contribution in [3.05, 3.63) is 27.2 Å². The molecule has 3 N–H and O–H groups in total. The Labute approximate surface area is 97.3 Å². The number of aromatic hydroxyl groups is 1. The number of aryl methyl sites for hydroxylation is 1. The van der Waals surface area contributed by atoms with Crippen LogP contribution in [0.5, 0.6) is 5.75 Å². The molecular weight excluding hydrogens is 258 g/mol. The zero-order chi connectivity index (χ0) is 10.8. The van der Waals surface area contributed by atoms with E-state index in [0.29, 0.717) is 0 Å². The summed E-state index contributed by atoms with van der Waals surface area (Å²) in [4.78, 5) is 4.57. The Balaban J connectivity index is 2.47. The lowest BCUT2D eigenvalue weighted by Gasteiger charge is -2.19. The fraction of sp³-hybridized carbons (Fsp3) is 0.455. The number of nitrogens with two attached hydrogens (primary N) is 1. The first-order valence-corrected chi connectivity index (χ1v) is 5.87. The van der Waals surface area contributed by atoms with Crippen LogP contribution in [0, 0.1) is 0 Å². The van der Waals surface area contributed by atoms with Gasteiger partial charge in [-0.05, 0) is 58.8 Å². The topological polar surface area (TPSA) is 55.5 Å². The molecule has 0 heterocycles. The first-order valence-electron chi connectivity index (χ1n) is 5.07. The van der Waals surface area contributed by atoms with Gasteiger partial charge in [-0.1, -0.05) is 0 Å². The van der Waals surface area contributed by atoms with Crippen molar-refractivity contribution >= 4 is 15.9 Å². The van der Waals surface area contributed by atoms with Crippen LogP contribution in [0.15, 0.2) is 10.5 Å². The largest absolute Gasteiger partial charge is 0.506 e. The van der Waals surface area contributed by atoms with Crippen molar-refractivity contribution in [1.29, 1.82) is 0 Å². The number of rotatable bonds is 2. The lowest BCUT2D eigenvalue weighted by molar-refractivity contribution is 0.122. The summed E-state index contributed by atoms with van der Waals surface area (Å²) in [5.41, 5.74) is 3.29. The van der Waals surface area contributed by atoms with Crippen molar-refractivity contribution in [1.82, 2.24) is 0 Å². The van der Waals surface area contributed by atoms with Crippen LogP contribution in [-0.2, 0) is 24.3 Å². The van der Waals surface area contributed by atoms with Gasteiger partial charge in [-0.25, -0.2) is 5.90 Å². The maximum atomic E-state index is 9.90. The third-order valence-electron chi connectivity index (χ3n) is 2.87. The molecule has 0 aromatic heterocycles. The first kappa shape index (κ1) is 10.9. The molecule has 0 bridgehead atoms. The van der Waals surface area contributed by atoms with Crippen LogP contribution in [0.4, 0.5) is 0 Å². The van der Waals surface area contributed by atoms with Gasteiger partial charge in [0.2, 0.25) is 0 Å². The number of hydrogen-bond acceptors (Lipinski definition) is 3. The molecule has 0 radical (unpaired) electrons. The highest BCUT2D eigenvalue weighted by Gasteiger charge is 2.18. The fourth-order valence-electron chi connectivity index (χ4n) is 2.10. The molecule has 4 heteroatoms. The predicted octanol–water partition coefficient (Wildman–Crippen LogP) is 2.42. The monoisotopic (exact) mass is 271 g/mol. The van der Waals surface area contributed by atoms with E-state index >= 15 is 0 Å². The van der Waals surface area contributed by atoms with Gasteiger partial charge in [0.1, 0.15) is 5.75 Å². The SMILES string of the molecule is NOCc1cc2c(c(Br)c1O)CCCC2. The first-order chi connectivity index (χ1) is 7.24. The summed E-state index contributed by atoms with van der Waals surface area (Å²) in [6.45, 7) is 0.248. The van der Waals surface area contributed by atoms with Crippen molar-refractivity contribution in [2.45, 2.75) is 32.3 Å². The minimum absolute atomic E-state index is 0.248. The lowest BCUT2D eigenvalue weighted by atomic mass is 9.90. The molecule has 1 aliphatic rings. The number of hydrogen-bond donors (Lipinski definition) is 2. The predicted molar refractivity (Wildman–Crippen MR) is 61.4 cm³/mol. The van der Waals surface area contributed by atoms with Gasteiger partial charge in [0, 0.05) is 5.56 Å². The second-order valence-electron chi connectivity index (χ2n) is 3.85. The molecule has 0 unspecified atom stereocenters. The van der Waals surface area contributed by atoms with Crippen LogP contribution in [0.1, 0.15) is 29.5 Å². The Kier molecular flexibility index (Phi) is 3.29. The van der Waals surface area contributed by atoms with Crippen molar-refractivity contribution in [2.24, 2.45) is 5.90 Å². The second kappa shape index (κ2) is 4.51. The maximum Gasteiger partial charge on any atom is 0.135 e. The molecule has 0 fully saturated rings. The smallest absolute Gasteiger partial charge is 0.135 e. The molecule has 1 aromatic carbocycles. The summed E-state index contributed by atoms with van der Waals surface area (Å²) in [6, 6.07) is 2.00. The van der Waals surface area contributed by atoms with Crippen LogP contribution in [0.25, 0.3) is 0 Å². The van der Waals surface area contributed by atoms with E-state index in [1.807, 2.05) is 6.07 Å². The molecule has 2 rings (SSSR count). The minimum Gasteiger partial charge on any atom is -0.506 e. The van der Waals surface area contributed by atoms with Gasteiger partial charge in [0.25, 0.3) is 0 Å². The number of benzene rings is 1. The third-order valence-corrected chi connectivity index (χ3v) is 3.73. The highest BCUT2D eigenvalue weighted by molar-refractivity contribution is 9.10. The Bertz CT molecular complexity index is 379. The zero-order valence-corrected chi connectivity index (χ0v) is 10.0. The van der Waals surface area contributed by atoms with E-state index < -0.39 is 0 Å². The zero-order valence-electron chi connectivity index (χ0n) is 8.42. The van der Waals surface area contributed by atoms with Crippen LogP contribution < -0.4 is 5.90 Å². The van der Waals surface area contributed by atoms with Gasteiger partial charge in [0.15, 0.2) is 0 Å². The highest BCUT2D eigenvalue weighted by atomic mass is 79.9. The second-order valence-corrected chi connectivity index (χ2v) is 4.65. The lowest BCUT2D eigenvalue weighted by Crippen LogP contribution is -2.07. The van der Waals surface area contributed by atoms with Gasteiger partial charge in [-0.2, -0.15) is 0 Å². The summed E-state index contributed by atoms with van der Waals surface area (Å²) in [5, 5.41) is 9.90. The molecule has 0 spiro atoms. The van der Waals surface area contributed by atoms with Crippen LogP contribution in [0.2, 0.25) is 0 Å². The summed E-state index contributed by atoms with van der Waals surface area (Å²) >= 11 is 3.44. The normalized spacial score (nSPS) is 15.1. The molecule has 0 saturated heterocycles. The van der Waals surface area contributed by atoms with Crippen molar-refractivity contribution < 1.29 is 9.94 Å². The van der Waals surface area contributed by atoms with Gasteiger partial charge in [-0.3, -0.25) is 4.84 Å². The molecule has 0 atom stereocenters. The molecule has 1 aromatic rings. The quantitative estimate of drug-likeness (QED) is 0.813. The van der Waals surface area contributed by atoms with Crippen molar-refractivity contribution in [3.63, 3.8) is 0 Å². The van der Waals surface area contributed by atoms with Gasteiger partial charge >= 0.3 is 0 Å². The van der Waals surface area contributed by atoms with E-state index in [1.54, 1.807) is 0 Å². The van der Waals surface area contributed by atoms with Gasteiger partial charge in [-0.15, -0.1) is 0 Å². The minimum atomic E-state index is 0.248. The molecule has 82 valence electrons. The van der Waals surface area contributed by atoms with Gasteiger partial charge < -0.3 is 5.11 Å². The average Bonchev–Trinajstić information content (AvgIpc) is 2.26. The molecule has 0 amide bonds. The van der Waals surface area contributed by atoms with E-state index in [0.717, 1.165) is 22.9 Å². The van der Waals surface area contributed by atoms with E-state index in [9.17, 15) is 5.11 Å². The number of phenolic OH excluding ortho intramolecular Hbond substituents is 1. The number of halogens is 1. The number of phenols is 1. The van der Waals surface area contributed by atoms with Crippen LogP contribution >= 0.6 is 15.9 Å². The third kappa shape index (κ3) is 2.02. The van der Waals surface area contributed by atoms with E-state index in [-0.39, 0.29) is 12.4 Å². The number of fused-ring (bicyclic) bond motifs is 1. The summed E-state index contributed by atoms with van der Waals surface area (Å²) in [6.07, 6.45) is 4.52. The molecule has 0 aliphatic heterocycles. The van der Waals surface area contributed by atoms with Gasteiger partial charge in [0.05, 0.1) is 11.1 Å². The summed E-state index contributed by atoms with van der Waals surface area (Å²) < 4.78 is 0.812. The maximum absolute atomic E-state index is 9.90. The molecule has 0 saturated carbocycles. The Morgan fingerprint density at radius 1 is 1.40 bits per heavy atom. The van der Waals surface area contributed by atoms with Crippen LogP contribution in [0.3, 0.4) is 0 Å². The van der Waals surface area contributed by atoms with Crippen molar-refractivity contribution in [3.8, 4) is 5.75 Å². The summed E-state index contributed by atoms with van der Waals surface area (Å²) in [5.74, 6) is 5.29. The Morgan fingerprint density at radius 2 is 2.13 bits per heavy atom. The summed E-state index contributed by atoms with van der Waals surface area (Å²) in [7, 11) is 0. The van der Waals surface area contributed by atoms with E-state index in [1.165, 1.54) is 24.0 Å². The van der Waals surface area contributed by atoms with Crippen molar-refractivity contribution in [2.75, 3.05) is 0 Å². The Morgan fingerprint density at radius 3 is 2.87 bits per heavy atom. The van der Waals surface area contributed by atoms with E-state index in [2.05, 4.69) is 20.8 Å². The van der Waals surface area contributed by atoms with E-state index in [4.69, 9.17) is 5.90 Å². The Hall–Kier alpha value is -0.580. The molecule has 15 heavy (non-hydrogen) atoms.